The summed E-state index contributed by atoms with van der Waals surface area (Å²) >= 11 is 0. The molecule has 0 fully saturated rings. The highest BCUT2D eigenvalue weighted by molar-refractivity contribution is 5.74. The molecule has 0 aliphatic carbocycles. The lowest BCUT2D eigenvalue weighted by Crippen LogP contribution is -2.30. The second kappa shape index (κ2) is 62.2. The monoisotopic (exact) mass is 989 g/mol. The molecule has 420 valence electrons. The molecule has 1 N–H and O–H groups in total. The molecule has 70 heavy (non-hydrogen) atoms. The molecule has 1 unspecified atom stereocenters. The zero-order chi connectivity index (χ0) is 51.4. The first-order valence-corrected chi connectivity index (χ1v) is 32.8. The fourth-order valence-electron chi connectivity index (χ4n) is 10.6. The molecule has 0 aromatic rings. The van der Waals surface area contributed by atoms with Crippen LogP contribution in [0.5, 0.6) is 0 Å². The van der Waals surface area contributed by atoms with E-state index in [2.05, 4.69) is 27.7 Å². The predicted molar refractivity (Wildman–Crippen MR) is 313 cm³/mol. The Bertz CT molecular complexity index is 979. The van der Waals surface area contributed by atoms with Crippen LogP contribution in [0.3, 0.4) is 0 Å². The third-order valence-corrected chi connectivity index (χ3v) is 15.9. The van der Waals surface area contributed by atoms with Crippen LogP contribution in [0.2, 0.25) is 0 Å². The summed E-state index contributed by atoms with van der Waals surface area (Å²) in [7, 11) is 0. The van der Waals surface area contributed by atoms with Crippen LogP contribution in [0, 0.1) is 5.41 Å². The minimum absolute atomic E-state index is 0.0160. The van der Waals surface area contributed by atoms with E-state index in [1.54, 1.807) is 0 Å². The van der Waals surface area contributed by atoms with Gasteiger partial charge < -0.3 is 9.84 Å². The van der Waals surface area contributed by atoms with Gasteiger partial charge in [0, 0.05) is 6.42 Å². The third kappa shape index (κ3) is 56.2. The van der Waals surface area contributed by atoms with Crippen molar-refractivity contribution in [3.8, 4) is 0 Å². The fourth-order valence-corrected chi connectivity index (χ4v) is 10.6. The molecule has 0 aliphatic rings. The van der Waals surface area contributed by atoms with Gasteiger partial charge in [0.05, 0.1) is 12.0 Å². The summed E-state index contributed by atoms with van der Waals surface area (Å²) in [4.78, 5) is 23.4. The Kier molecular flexibility index (Phi) is 63.1. The molecule has 0 aromatic carbocycles. The van der Waals surface area contributed by atoms with Gasteiger partial charge in [-0.1, -0.05) is 362 Å². The molecule has 0 heterocycles. The van der Waals surface area contributed by atoms with Crippen LogP contribution in [0.15, 0.2) is 0 Å². The number of carboxylic acid groups (broad SMARTS) is 1. The lowest BCUT2D eigenvalue weighted by atomic mass is 9.76. The smallest absolute Gasteiger partial charge is 0.309 e. The van der Waals surface area contributed by atoms with Gasteiger partial charge in [0.2, 0.25) is 0 Å². The number of ether oxygens (including phenoxy) is 1. The van der Waals surface area contributed by atoms with Gasteiger partial charge in [0.15, 0.2) is 0 Å². The Labute approximate surface area is 442 Å². The van der Waals surface area contributed by atoms with E-state index in [1.807, 2.05) is 6.92 Å². The number of esters is 1. The van der Waals surface area contributed by atoms with Gasteiger partial charge in [0.1, 0.15) is 0 Å². The standard InChI is InChI=1S/C42H84O2.C24H48O2/c1-3-5-7-9-10-11-12-13-14-15-16-17-18-19-20-21-22-23-24-25-26-27-28-29-30-31-32-33-34-35-37-39-41-44-42(43)40-38-36-8-6-4-2;1-4-7-9-10-11-12-13-14-15-16-17-18-19-20-22-24(6-3,23(25)26)21-8-5-2/h3-41H2,1-2H3;4-22H2,1-3H3,(H,25,26). The maximum Gasteiger partial charge on any atom is 0.309 e. The molecule has 0 spiro atoms. The maximum absolute atomic E-state index is 11.7. The zero-order valence-electron chi connectivity index (χ0n) is 49.2. The highest BCUT2D eigenvalue weighted by Gasteiger charge is 2.35. The molecule has 4 nitrogen and oxygen atoms in total. The molecule has 0 saturated carbocycles. The first-order chi connectivity index (χ1) is 34.4. The van der Waals surface area contributed by atoms with E-state index in [0.29, 0.717) is 13.0 Å². The van der Waals surface area contributed by atoms with E-state index < -0.39 is 11.4 Å². The van der Waals surface area contributed by atoms with Crippen LogP contribution >= 0.6 is 0 Å². The number of aliphatic carboxylic acids is 1. The van der Waals surface area contributed by atoms with Crippen molar-refractivity contribution in [1.29, 1.82) is 0 Å². The quantitative estimate of drug-likeness (QED) is 0.0487. The van der Waals surface area contributed by atoms with Crippen LogP contribution in [-0.4, -0.2) is 23.7 Å². The molecule has 0 aliphatic heterocycles. The minimum Gasteiger partial charge on any atom is -0.481 e. The second-order valence-electron chi connectivity index (χ2n) is 22.7. The highest BCUT2D eigenvalue weighted by atomic mass is 16.5. The number of carbonyl (C=O) groups excluding carboxylic acids is 1. The lowest BCUT2D eigenvalue weighted by Gasteiger charge is -2.28. The van der Waals surface area contributed by atoms with Crippen LogP contribution in [-0.2, 0) is 14.3 Å². The number of carboxylic acids is 1. The van der Waals surface area contributed by atoms with Gasteiger partial charge in [-0.25, -0.2) is 0 Å². The Morgan fingerprint density at radius 1 is 0.286 bits per heavy atom. The molecule has 0 rings (SSSR count). The van der Waals surface area contributed by atoms with Gasteiger partial charge in [-0.3, -0.25) is 9.59 Å². The molecule has 0 aromatic heterocycles. The number of hydrogen-bond donors (Lipinski definition) is 1. The van der Waals surface area contributed by atoms with Gasteiger partial charge in [-0.15, -0.1) is 0 Å². The van der Waals surface area contributed by atoms with Crippen molar-refractivity contribution in [2.75, 3.05) is 6.61 Å². The van der Waals surface area contributed by atoms with E-state index in [-0.39, 0.29) is 5.97 Å². The summed E-state index contributed by atoms with van der Waals surface area (Å²) in [6.07, 6.45) is 76.0. The molecule has 0 amide bonds. The van der Waals surface area contributed by atoms with E-state index in [0.717, 1.165) is 51.4 Å². The van der Waals surface area contributed by atoms with Crippen LogP contribution in [0.1, 0.15) is 401 Å². The molecule has 1 atom stereocenters. The first kappa shape index (κ1) is 71.0. The Hall–Kier alpha value is -1.06. The third-order valence-electron chi connectivity index (χ3n) is 15.9. The first-order valence-electron chi connectivity index (χ1n) is 32.8. The zero-order valence-corrected chi connectivity index (χ0v) is 49.2. The maximum atomic E-state index is 11.7. The highest BCUT2D eigenvalue weighted by Crippen LogP contribution is 2.35. The van der Waals surface area contributed by atoms with E-state index in [4.69, 9.17) is 4.74 Å². The van der Waals surface area contributed by atoms with Crippen molar-refractivity contribution in [3.63, 3.8) is 0 Å². The van der Waals surface area contributed by atoms with Crippen LogP contribution < -0.4 is 0 Å². The summed E-state index contributed by atoms with van der Waals surface area (Å²) in [5.74, 6) is -0.551. The molecular formula is C66H132O4. The number of unbranched alkanes of at least 4 members (excludes halogenated alkanes) is 49. The van der Waals surface area contributed by atoms with Gasteiger partial charge >= 0.3 is 11.9 Å². The van der Waals surface area contributed by atoms with Crippen molar-refractivity contribution >= 4 is 11.9 Å². The minimum atomic E-state index is -0.567. The Balaban J connectivity index is 0. The van der Waals surface area contributed by atoms with Crippen molar-refractivity contribution < 1.29 is 19.4 Å². The molecular weight excluding hydrogens is 857 g/mol. The number of rotatable bonds is 59. The van der Waals surface area contributed by atoms with Gasteiger partial charge in [-0.2, -0.15) is 0 Å². The van der Waals surface area contributed by atoms with Gasteiger partial charge in [-0.05, 0) is 32.1 Å². The molecule has 4 heteroatoms. The van der Waals surface area contributed by atoms with Crippen LogP contribution in [0.25, 0.3) is 0 Å². The number of carbonyl (C=O) groups is 2. The van der Waals surface area contributed by atoms with E-state index in [1.165, 1.54) is 308 Å². The summed E-state index contributed by atoms with van der Waals surface area (Å²) in [5.41, 5.74) is -0.451. The summed E-state index contributed by atoms with van der Waals surface area (Å²) in [6.45, 7) is 11.6. The summed E-state index contributed by atoms with van der Waals surface area (Å²) in [6, 6.07) is 0. The molecule has 0 bridgehead atoms. The number of hydrogen-bond acceptors (Lipinski definition) is 3. The Morgan fingerprint density at radius 3 is 0.743 bits per heavy atom. The topological polar surface area (TPSA) is 63.6 Å². The average molecular weight is 990 g/mol. The predicted octanol–water partition coefficient (Wildman–Crippen LogP) is 23.9. The average Bonchev–Trinajstić information content (AvgIpc) is 3.36. The molecule has 0 radical (unpaired) electrons. The normalized spacial score (nSPS) is 12.2. The van der Waals surface area contributed by atoms with Crippen molar-refractivity contribution in [2.45, 2.75) is 401 Å². The fraction of sp³-hybridized carbons (Fsp3) is 0.970. The lowest BCUT2D eigenvalue weighted by molar-refractivity contribution is -0.150. The second-order valence-corrected chi connectivity index (χ2v) is 22.7. The molecule has 0 saturated heterocycles. The summed E-state index contributed by atoms with van der Waals surface area (Å²) < 4.78 is 5.38. The van der Waals surface area contributed by atoms with E-state index >= 15 is 0 Å². The largest absolute Gasteiger partial charge is 0.481 e. The Morgan fingerprint density at radius 2 is 0.500 bits per heavy atom. The SMILES string of the molecule is CCCCCCCCCCCCCCCCC(CC)(CCCC)C(=O)O.CCCCCCCCCCCCCCCCCCCCCCCCCCCCCCCCCCOC(=O)CCCCCCC. The van der Waals surface area contributed by atoms with Gasteiger partial charge in [0.25, 0.3) is 0 Å². The van der Waals surface area contributed by atoms with E-state index in [9.17, 15) is 14.7 Å². The van der Waals surface area contributed by atoms with Crippen molar-refractivity contribution in [3.05, 3.63) is 0 Å². The van der Waals surface area contributed by atoms with Crippen LogP contribution in [0.4, 0.5) is 0 Å². The summed E-state index contributed by atoms with van der Waals surface area (Å²) in [5, 5.41) is 9.65. The van der Waals surface area contributed by atoms with Crippen molar-refractivity contribution in [2.24, 2.45) is 5.41 Å². The van der Waals surface area contributed by atoms with Crippen molar-refractivity contribution in [1.82, 2.24) is 0 Å².